The molecular weight excluding hydrogens is 248 g/mol. The van der Waals surface area contributed by atoms with Crippen LogP contribution in [0.2, 0.25) is 0 Å². The van der Waals surface area contributed by atoms with E-state index in [1.165, 1.54) is 0 Å². The zero-order valence-electron chi connectivity index (χ0n) is 12.3. The lowest BCUT2D eigenvalue weighted by atomic mass is 9.88. The number of hydrogen-bond acceptors (Lipinski definition) is 3. The molecule has 0 saturated carbocycles. The molecule has 0 aliphatic carbocycles. The summed E-state index contributed by atoms with van der Waals surface area (Å²) in [7, 11) is -3.18. The molecule has 5 heteroatoms. The molecule has 1 aliphatic rings. The van der Waals surface area contributed by atoms with Crippen LogP contribution in [-0.2, 0) is 10.0 Å². The molecule has 108 valence electrons. The van der Waals surface area contributed by atoms with Gasteiger partial charge in [0.05, 0.1) is 5.25 Å². The highest BCUT2D eigenvalue weighted by Gasteiger charge is 2.38. The Morgan fingerprint density at radius 1 is 1.33 bits per heavy atom. The number of piperidine rings is 1. The third-order valence-electron chi connectivity index (χ3n) is 4.06. The van der Waals surface area contributed by atoms with Crippen molar-refractivity contribution in [3.05, 3.63) is 0 Å². The highest BCUT2D eigenvalue weighted by molar-refractivity contribution is 7.89. The van der Waals surface area contributed by atoms with Gasteiger partial charge in [0, 0.05) is 19.1 Å². The quantitative estimate of drug-likeness (QED) is 0.831. The lowest BCUT2D eigenvalue weighted by molar-refractivity contribution is 0.156. The topological polar surface area (TPSA) is 49.4 Å². The van der Waals surface area contributed by atoms with Crippen molar-refractivity contribution in [3.8, 4) is 0 Å². The van der Waals surface area contributed by atoms with E-state index in [0.29, 0.717) is 24.9 Å². The first-order valence-electron chi connectivity index (χ1n) is 7.02. The largest absolute Gasteiger partial charge is 0.316 e. The van der Waals surface area contributed by atoms with Gasteiger partial charge >= 0.3 is 0 Å². The Morgan fingerprint density at radius 2 is 1.94 bits per heavy atom. The minimum atomic E-state index is -3.18. The molecule has 0 bridgehead atoms. The summed E-state index contributed by atoms with van der Waals surface area (Å²) in [5, 5.41) is 2.78. The summed E-state index contributed by atoms with van der Waals surface area (Å²) in [4.78, 5) is 0. The fraction of sp³-hybridized carbons (Fsp3) is 1.00. The lowest BCUT2D eigenvalue weighted by Crippen LogP contribution is -2.52. The van der Waals surface area contributed by atoms with Gasteiger partial charge in [0.15, 0.2) is 0 Å². The smallest absolute Gasteiger partial charge is 0.218 e. The molecule has 18 heavy (non-hydrogen) atoms. The lowest BCUT2D eigenvalue weighted by Gasteiger charge is -2.41. The second kappa shape index (κ2) is 6.35. The van der Waals surface area contributed by atoms with E-state index >= 15 is 0 Å². The van der Waals surface area contributed by atoms with E-state index in [1.807, 2.05) is 13.8 Å². The second-order valence-electron chi connectivity index (χ2n) is 5.79. The second-order valence-corrected chi connectivity index (χ2v) is 8.10. The maximum atomic E-state index is 12.6. The van der Waals surface area contributed by atoms with Crippen LogP contribution in [0.25, 0.3) is 0 Å². The zero-order chi connectivity index (χ0) is 13.9. The van der Waals surface area contributed by atoms with Crippen LogP contribution in [-0.4, -0.2) is 43.6 Å². The van der Waals surface area contributed by atoms with Crippen LogP contribution in [0, 0.1) is 11.8 Å². The van der Waals surface area contributed by atoms with Gasteiger partial charge in [-0.1, -0.05) is 20.8 Å². The van der Waals surface area contributed by atoms with Crippen LogP contribution in [0.15, 0.2) is 0 Å². The Morgan fingerprint density at radius 3 is 2.50 bits per heavy atom. The molecule has 1 N–H and O–H groups in total. The molecule has 0 amide bonds. The van der Waals surface area contributed by atoms with E-state index in [2.05, 4.69) is 19.2 Å². The summed E-state index contributed by atoms with van der Waals surface area (Å²) in [5.41, 5.74) is 0. The summed E-state index contributed by atoms with van der Waals surface area (Å²) >= 11 is 0. The molecule has 1 heterocycles. The monoisotopic (exact) mass is 276 g/mol. The Hall–Kier alpha value is -0.130. The molecule has 1 saturated heterocycles. The van der Waals surface area contributed by atoms with Crippen molar-refractivity contribution in [1.82, 2.24) is 9.62 Å². The van der Waals surface area contributed by atoms with Gasteiger partial charge in [0.1, 0.15) is 0 Å². The molecular formula is C13H28N2O2S. The number of hydrogen-bond donors (Lipinski definition) is 1. The number of nitrogens with one attached hydrogen (secondary N) is 1. The maximum Gasteiger partial charge on any atom is 0.218 e. The molecule has 0 aromatic rings. The third kappa shape index (κ3) is 3.45. The Kier molecular flexibility index (Phi) is 5.62. The van der Waals surface area contributed by atoms with Gasteiger partial charge in [-0.15, -0.1) is 0 Å². The van der Waals surface area contributed by atoms with Crippen LogP contribution in [0.3, 0.4) is 0 Å². The van der Waals surface area contributed by atoms with Crippen molar-refractivity contribution in [2.75, 3.05) is 19.6 Å². The van der Waals surface area contributed by atoms with Crippen LogP contribution in [0.5, 0.6) is 0 Å². The van der Waals surface area contributed by atoms with Crippen LogP contribution < -0.4 is 5.32 Å². The predicted molar refractivity (Wildman–Crippen MR) is 76.0 cm³/mol. The van der Waals surface area contributed by atoms with Crippen LogP contribution in [0.1, 0.15) is 41.0 Å². The standard InChI is InChI=1S/C13H28N2O2S/c1-6-14-8-12(4)18(16,17)15-9-10(2)7-11(3)13(15)5/h10-14H,6-9H2,1-5H3. The minimum absolute atomic E-state index is 0.121. The maximum absolute atomic E-state index is 12.6. The Labute approximate surface area is 112 Å². The van der Waals surface area contributed by atoms with Gasteiger partial charge in [0.2, 0.25) is 10.0 Å². The fourth-order valence-corrected chi connectivity index (χ4v) is 4.61. The molecule has 0 aromatic carbocycles. The van der Waals surface area contributed by atoms with Gasteiger partial charge in [-0.05, 0) is 38.6 Å². The summed E-state index contributed by atoms with van der Waals surface area (Å²) in [6, 6.07) is 0.121. The normalized spacial score (nSPS) is 32.4. The molecule has 1 fully saturated rings. The van der Waals surface area contributed by atoms with Gasteiger partial charge in [-0.25, -0.2) is 8.42 Å². The van der Waals surface area contributed by atoms with E-state index in [4.69, 9.17) is 0 Å². The summed E-state index contributed by atoms with van der Waals surface area (Å²) in [5.74, 6) is 0.896. The van der Waals surface area contributed by atoms with Gasteiger partial charge < -0.3 is 5.32 Å². The van der Waals surface area contributed by atoms with Gasteiger partial charge in [-0.3, -0.25) is 0 Å². The van der Waals surface area contributed by atoms with E-state index in [-0.39, 0.29) is 11.3 Å². The molecule has 4 atom stereocenters. The highest BCUT2D eigenvalue weighted by atomic mass is 32.2. The van der Waals surface area contributed by atoms with E-state index < -0.39 is 10.0 Å². The molecule has 0 spiro atoms. The summed E-state index contributed by atoms with van der Waals surface area (Å²) < 4.78 is 26.9. The SMILES string of the molecule is CCNCC(C)S(=O)(=O)N1CC(C)CC(C)C1C. The van der Waals surface area contributed by atoms with Gasteiger partial charge in [-0.2, -0.15) is 4.31 Å². The van der Waals surface area contributed by atoms with E-state index in [0.717, 1.165) is 13.0 Å². The molecule has 0 aromatic heterocycles. The first-order chi connectivity index (χ1) is 8.30. The van der Waals surface area contributed by atoms with E-state index in [1.54, 1.807) is 11.2 Å². The average molecular weight is 276 g/mol. The molecule has 4 nitrogen and oxygen atoms in total. The number of sulfonamides is 1. The molecule has 4 unspecified atom stereocenters. The average Bonchev–Trinajstić information content (AvgIpc) is 2.30. The van der Waals surface area contributed by atoms with Crippen molar-refractivity contribution in [1.29, 1.82) is 0 Å². The Bertz CT molecular complexity index is 356. The van der Waals surface area contributed by atoms with Crippen molar-refractivity contribution in [3.63, 3.8) is 0 Å². The molecule has 1 aliphatic heterocycles. The third-order valence-corrected chi connectivity index (χ3v) is 6.38. The first kappa shape index (κ1) is 15.9. The summed E-state index contributed by atoms with van der Waals surface area (Å²) in [6.07, 6.45) is 1.12. The van der Waals surface area contributed by atoms with Crippen molar-refractivity contribution < 1.29 is 8.42 Å². The summed E-state index contributed by atoms with van der Waals surface area (Å²) in [6.45, 7) is 12.1. The van der Waals surface area contributed by atoms with Gasteiger partial charge in [0.25, 0.3) is 0 Å². The number of rotatable bonds is 5. The van der Waals surface area contributed by atoms with Crippen molar-refractivity contribution >= 4 is 10.0 Å². The van der Waals surface area contributed by atoms with Crippen LogP contribution in [0.4, 0.5) is 0 Å². The van der Waals surface area contributed by atoms with Crippen molar-refractivity contribution in [2.45, 2.75) is 52.3 Å². The van der Waals surface area contributed by atoms with E-state index in [9.17, 15) is 8.42 Å². The molecule has 0 radical (unpaired) electrons. The zero-order valence-corrected chi connectivity index (χ0v) is 13.1. The predicted octanol–water partition coefficient (Wildman–Crippen LogP) is 1.68. The van der Waals surface area contributed by atoms with Crippen LogP contribution >= 0.6 is 0 Å². The highest BCUT2D eigenvalue weighted by Crippen LogP contribution is 2.30. The Balaban J connectivity index is 2.82. The minimum Gasteiger partial charge on any atom is -0.316 e. The number of nitrogens with zero attached hydrogens (tertiary/aromatic N) is 1. The van der Waals surface area contributed by atoms with Crippen molar-refractivity contribution in [2.24, 2.45) is 11.8 Å². The first-order valence-corrected chi connectivity index (χ1v) is 8.52. The molecule has 1 rings (SSSR count). The fourth-order valence-electron chi connectivity index (χ4n) is 2.68.